The first-order valence-electron chi connectivity index (χ1n) is 7.06. The van der Waals surface area contributed by atoms with Crippen LogP contribution in [0.4, 0.5) is 5.69 Å². The summed E-state index contributed by atoms with van der Waals surface area (Å²) in [4.78, 5) is 24.5. The van der Waals surface area contributed by atoms with E-state index >= 15 is 0 Å². The molecule has 0 aliphatic rings. The molecule has 1 amide bonds. The minimum Gasteiger partial charge on any atom is -0.422 e. The molecule has 0 spiro atoms. The molecule has 0 saturated carbocycles. The van der Waals surface area contributed by atoms with Crippen LogP contribution >= 0.6 is 11.6 Å². The number of benzene rings is 2. The second-order valence-electron chi connectivity index (χ2n) is 5.40. The van der Waals surface area contributed by atoms with Crippen LogP contribution in [-0.4, -0.2) is 5.91 Å². The van der Waals surface area contributed by atoms with Gasteiger partial charge in [-0.05, 0) is 49.7 Å². The number of rotatable bonds is 2. The highest BCUT2D eigenvalue weighted by Gasteiger charge is 2.15. The number of anilines is 1. The minimum absolute atomic E-state index is 0.0394. The fourth-order valence-corrected chi connectivity index (χ4v) is 2.49. The topological polar surface area (TPSA) is 59.3 Å². The zero-order valence-corrected chi connectivity index (χ0v) is 13.4. The van der Waals surface area contributed by atoms with Crippen LogP contribution in [0.1, 0.15) is 21.5 Å². The summed E-state index contributed by atoms with van der Waals surface area (Å²) in [5.41, 5.74) is 2.18. The fraction of sp³-hybridized carbons (Fsp3) is 0.111. The van der Waals surface area contributed by atoms with Gasteiger partial charge in [-0.1, -0.05) is 29.3 Å². The van der Waals surface area contributed by atoms with E-state index in [0.29, 0.717) is 21.7 Å². The first-order chi connectivity index (χ1) is 10.9. The molecule has 0 aliphatic carbocycles. The number of nitrogens with one attached hydrogen (secondary N) is 1. The molecule has 1 heterocycles. The Labute approximate surface area is 137 Å². The highest BCUT2D eigenvalue weighted by Crippen LogP contribution is 2.21. The van der Waals surface area contributed by atoms with E-state index < -0.39 is 11.5 Å². The van der Waals surface area contributed by atoms with Gasteiger partial charge < -0.3 is 9.73 Å². The van der Waals surface area contributed by atoms with Gasteiger partial charge in [0.2, 0.25) is 0 Å². The molecule has 0 atom stereocenters. The van der Waals surface area contributed by atoms with Gasteiger partial charge in [0.05, 0.1) is 0 Å². The third-order valence-corrected chi connectivity index (χ3v) is 3.82. The van der Waals surface area contributed by atoms with Crippen molar-refractivity contribution in [2.24, 2.45) is 0 Å². The SMILES string of the molecule is Cc1ccc2oc(=O)c(C(=O)Nc3cc(Cl)ccc3C)cc2c1. The third kappa shape index (κ3) is 3.12. The predicted molar refractivity (Wildman–Crippen MR) is 91.4 cm³/mol. The average Bonchev–Trinajstić information content (AvgIpc) is 2.50. The van der Waals surface area contributed by atoms with Gasteiger partial charge in [-0.3, -0.25) is 4.79 Å². The molecule has 5 heteroatoms. The number of carbonyl (C=O) groups is 1. The number of hydrogen-bond donors (Lipinski definition) is 1. The van der Waals surface area contributed by atoms with Crippen LogP contribution < -0.4 is 10.9 Å². The van der Waals surface area contributed by atoms with E-state index in [2.05, 4.69) is 5.32 Å². The molecule has 116 valence electrons. The number of fused-ring (bicyclic) bond motifs is 1. The molecule has 0 aliphatic heterocycles. The quantitative estimate of drug-likeness (QED) is 0.713. The van der Waals surface area contributed by atoms with Crippen LogP contribution in [0.5, 0.6) is 0 Å². The maximum Gasteiger partial charge on any atom is 0.349 e. The zero-order chi connectivity index (χ0) is 16.6. The van der Waals surface area contributed by atoms with Gasteiger partial charge in [-0.2, -0.15) is 0 Å². The molecule has 0 saturated heterocycles. The van der Waals surface area contributed by atoms with Crippen molar-refractivity contribution in [3.05, 3.63) is 74.6 Å². The highest BCUT2D eigenvalue weighted by atomic mass is 35.5. The van der Waals surface area contributed by atoms with Crippen molar-refractivity contribution in [3.8, 4) is 0 Å². The van der Waals surface area contributed by atoms with Crippen molar-refractivity contribution in [2.45, 2.75) is 13.8 Å². The summed E-state index contributed by atoms with van der Waals surface area (Å²) >= 11 is 5.94. The second-order valence-corrected chi connectivity index (χ2v) is 5.84. The van der Waals surface area contributed by atoms with Gasteiger partial charge in [-0.25, -0.2) is 4.79 Å². The van der Waals surface area contributed by atoms with Crippen molar-refractivity contribution >= 4 is 34.2 Å². The molecule has 0 bridgehead atoms. The number of aryl methyl sites for hydroxylation is 2. The molecule has 0 radical (unpaired) electrons. The lowest BCUT2D eigenvalue weighted by Gasteiger charge is -2.08. The van der Waals surface area contributed by atoms with Crippen molar-refractivity contribution in [1.29, 1.82) is 0 Å². The van der Waals surface area contributed by atoms with Crippen LogP contribution in [-0.2, 0) is 0 Å². The molecule has 3 aromatic rings. The summed E-state index contributed by atoms with van der Waals surface area (Å²) < 4.78 is 5.22. The van der Waals surface area contributed by atoms with Crippen LogP contribution in [0.25, 0.3) is 11.0 Å². The van der Waals surface area contributed by atoms with Crippen molar-refractivity contribution in [2.75, 3.05) is 5.32 Å². The number of amides is 1. The summed E-state index contributed by atoms with van der Waals surface area (Å²) in [7, 11) is 0. The minimum atomic E-state index is -0.668. The Hall–Kier alpha value is -2.59. The standard InChI is InChI=1S/C18H14ClNO3/c1-10-3-6-16-12(7-10)8-14(18(22)23-16)17(21)20-15-9-13(19)5-4-11(15)2/h3-9H,1-2H3,(H,20,21). The predicted octanol–water partition coefficient (Wildman–Crippen LogP) is 4.32. The summed E-state index contributed by atoms with van der Waals surface area (Å²) in [5.74, 6) is -0.521. The lowest BCUT2D eigenvalue weighted by Crippen LogP contribution is -2.21. The van der Waals surface area contributed by atoms with Crippen molar-refractivity contribution in [3.63, 3.8) is 0 Å². The monoisotopic (exact) mass is 327 g/mol. The van der Waals surface area contributed by atoms with Gasteiger partial charge in [-0.15, -0.1) is 0 Å². The lowest BCUT2D eigenvalue weighted by molar-refractivity contribution is 0.102. The third-order valence-electron chi connectivity index (χ3n) is 3.58. The maximum absolute atomic E-state index is 12.4. The lowest BCUT2D eigenvalue weighted by atomic mass is 10.1. The molecule has 0 fully saturated rings. The molecule has 1 N–H and O–H groups in total. The van der Waals surface area contributed by atoms with Crippen molar-refractivity contribution in [1.82, 2.24) is 0 Å². The molecule has 23 heavy (non-hydrogen) atoms. The highest BCUT2D eigenvalue weighted by molar-refractivity contribution is 6.31. The number of hydrogen-bond acceptors (Lipinski definition) is 3. The van der Waals surface area contributed by atoms with Gasteiger partial charge in [0, 0.05) is 16.1 Å². The summed E-state index contributed by atoms with van der Waals surface area (Å²) in [5, 5.41) is 3.92. The summed E-state index contributed by atoms with van der Waals surface area (Å²) in [6.45, 7) is 3.78. The largest absolute Gasteiger partial charge is 0.422 e. The van der Waals surface area contributed by atoms with E-state index in [4.69, 9.17) is 16.0 Å². The molecule has 3 rings (SSSR count). The Kier molecular flexibility index (Phi) is 3.92. The Morgan fingerprint density at radius 1 is 1.09 bits per heavy atom. The first-order valence-corrected chi connectivity index (χ1v) is 7.44. The Morgan fingerprint density at radius 2 is 1.87 bits per heavy atom. The normalized spacial score (nSPS) is 10.7. The number of carbonyl (C=O) groups excluding carboxylic acids is 1. The van der Waals surface area contributed by atoms with E-state index in [-0.39, 0.29) is 5.56 Å². The van der Waals surface area contributed by atoms with Crippen LogP contribution in [0, 0.1) is 13.8 Å². The van der Waals surface area contributed by atoms with Crippen molar-refractivity contribution < 1.29 is 9.21 Å². The van der Waals surface area contributed by atoms with Crippen LogP contribution in [0.3, 0.4) is 0 Å². The van der Waals surface area contributed by atoms with Gasteiger partial charge in [0.1, 0.15) is 11.1 Å². The molecular formula is C18H14ClNO3. The van der Waals surface area contributed by atoms with Crippen LogP contribution in [0.15, 0.2) is 51.7 Å². The smallest absolute Gasteiger partial charge is 0.349 e. The van der Waals surface area contributed by atoms with Gasteiger partial charge in [0.25, 0.3) is 5.91 Å². The van der Waals surface area contributed by atoms with E-state index in [0.717, 1.165) is 11.1 Å². The second kappa shape index (κ2) is 5.89. The molecule has 1 aromatic heterocycles. The van der Waals surface area contributed by atoms with Gasteiger partial charge >= 0.3 is 5.63 Å². The molecular weight excluding hydrogens is 314 g/mol. The van der Waals surface area contributed by atoms with E-state index in [1.54, 1.807) is 30.3 Å². The first kappa shape index (κ1) is 15.3. The Balaban J connectivity index is 2.02. The van der Waals surface area contributed by atoms with E-state index in [9.17, 15) is 9.59 Å². The summed E-state index contributed by atoms with van der Waals surface area (Å²) in [6.07, 6.45) is 0. The average molecular weight is 328 g/mol. The van der Waals surface area contributed by atoms with Gasteiger partial charge in [0.15, 0.2) is 0 Å². The Bertz CT molecular complexity index is 976. The maximum atomic E-state index is 12.4. The molecule has 0 unspecified atom stereocenters. The fourth-order valence-electron chi connectivity index (χ4n) is 2.32. The zero-order valence-electron chi connectivity index (χ0n) is 12.6. The molecule has 2 aromatic carbocycles. The van der Waals surface area contributed by atoms with E-state index in [1.165, 1.54) is 0 Å². The summed E-state index contributed by atoms with van der Waals surface area (Å²) in [6, 6.07) is 12.1. The number of halogens is 1. The van der Waals surface area contributed by atoms with E-state index in [1.807, 2.05) is 26.0 Å². The Morgan fingerprint density at radius 3 is 2.65 bits per heavy atom. The van der Waals surface area contributed by atoms with Crippen LogP contribution in [0.2, 0.25) is 5.02 Å². The molecule has 4 nitrogen and oxygen atoms in total.